The average Bonchev–Trinajstić information content (AvgIpc) is 2.94. The Morgan fingerprint density at radius 3 is 2.75 bits per heavy atom. The van der Waals surface area contributed by atoms with Crippen LogP contribution >= 0.6 is 11.3 Å². The number of benzene rings is 2. The molecule has 0 aliphatic carbocycles. The minimum absolute atomic E-state index is 0.0832. The molecule has 1 aliphatic rings. The van der Waals surface area contributed by atoms with Crippen molar-refractivity contribution in [1.29, 1.82) is 0 Å². The average molecular weight is 419 g/mol. The Morgan fingerprint density at radius 1 is 1.25 bits per heavy atom. The van der Waals surface area contributed by atoms with E-state index in [0.29, 0.717) is 23.4 Å². The summed E-state index contributed by atoms with van der Waals surface area (Å²) in [5.41, 5.74) is 1.10. The number of aryl methyl sites for hydroxylation is 1. The van der Waals surface area contributed by atoms with Crippen LogP contribution in [-0.4, -0.2) is 18.6 Å². The van der Waals surface area contributed by atoms with E-state index in [1.165, 1.54) is 0 Å². The van der Waals surface area contributed by atoms with Gasteiger partial charge >= 0.3 is 4.87 Å². The highest BCUT2D eigenvalue weighted by atomic mass is 32.2. The number of fused-ring (bicyclic) bond motifs is 2. The maximum atomic E-state index is 13.1. The zero-order chi connectivity index (χ0) is 20.1. The first-order valence-electron chi connectivity index (χ1n) is 9.14. The standard InChI is InChI=1S/C20H22N2O4S2/c1-4-22-16-10-9-13(11-18(16)27-19(22)23)28(24,25)21-15-12-20(2,3)26-17-8-6-5-7-14(15)17/h5-11,15,21H,4,12H2,1-3H3/t15-/m1/s1. The number of hydrogen-bond donors (Lipinski definition) is 1. The molecule has 1 N–H and O–H groups in total. The molecular weight excluding hydrogens is 396 g/mol. The normalized spacial score (nSPS) is 18.6. The van der Waals surface area contributed by atoms with Crippen LogP contribution < -0.4 is 14.3 Å². The lowest BCUT2D eigenvalue weighted by Gasteiger charge is -2.37. The van der Waals surface area contributed by atoms with E-state index >= 15 is 0 Å². The Kier molecular flexibility index (Phi) is 4.60. The van der Waals surface area contributed by atoms with E-state index < -0.39 is 15.6 Å². The van der Waals surface area contributed by atoms with Crippen molar-refractivity contribution >= 4 is 31.6 Å². The van der Waals surface area contributed by atoms with Gasteiger partial charge in [-0.15, -0.1) is 0 Å². The van der Waals surface area contributed by atoms with Crippen molar-refractivity contribution in [3.63, 3.8) is 0 Å². The number of thiazole rings is 1. The molecule has 2 aromatic carbocycles. The van der Waals surface area contributed by atoms with Gasteiger partial charge in [-0.1, -0.05) is 29.5 Å². The molecule has 1 aliphatic heterocycles. The number of aromatic nitrogens is 1. The van der Waals surface area contributed by atoms with Gasteiger partial charge < -0.3 is 4.74 Å². The first-order chi connectivity index (χ1) is 13.2. The monoisotopic (exact) mass is 418 g/mol. The molecular formula is C20H22N2O4S2. The molecule has 148 valence electrons. The van der Waals surface area contributed by atoms with Crippen LogP contribution in [0.3, 0.4) is 0 Å². The molecule has 8 heteroatoms. The Bertz CT molecular complexity index is 1210. The highest BCUT2D eigenvalue weighted by Crippen LogP contribution is 2.40. The molecule has 28 heavy (non-hydrogen) atoms. The van der Waals surface area contributed by atoms with E-state index in [9.17, 15) is 13.2 Å². The van der Waals surface area contributed by atoms with Crippen LogP contribution in [0.2, 0.25) is 0 Å². The summed E-state index contributed by atoms with van der Waals surface area (Å²) in [6.45, 7) is 6.34. The van der Waals surface area contributed by atoms with Crippen LogP contribution in [0.25, 0.3) is 10.2 Å². The van der Waals surface area contributed by atoms with Crippen molar-refractivity contribution < 1.29 is 13.2 Å². The predicted octanol–water partition coefficient (Wildman–Crippen LogP) is 3.66. The molecule has 0 radical (unpaired) electrons. The number of nitrogens with one attached hydrogen (secondary N) is 1. The fourth-order valence-electron chi connectivity index (χ4n) is 3.68. The van der Waals surface area contributed by atoms with Crippen molar-refractivity contribution in [3.8, 4) is 5.75 Å². The van der Waals surface area contributed by atoms with Crippen molar-refractivity contribution in [1.82, 2.24) is 9.29 Å². The van der Waals surface area contributed by atoms with Crippen molar-refractivity contribution in [2.24, 2.45) is 0 Å². The predicted molar refractivity (Wildman–Crippen MR) is 111 cm³/mol. The second-order valence-electron chi connectivity index (χ2n) is 7.52. The SMILES string of the molecule is CCn1c(=O)sc2cc(S(=O)(=O)N[C@@H]3CC(C)(C)Oc4ccccc43)ccc21. The Hall–Kier alpha value is -2.16. The van der Waals surface area contributed by atoms with Crippen molar-refractivity contribution in [2.75, 3.05) is 0 Å². The third kappa shape index (κ3) is 3.36. The molecule has 3 aromatic rings. The zero-order valence-electron chi connectivity index (χ0n) is 15.9. The molecule has 4 rings (SSSR count). The van der Waals surface area contributed by atoms with Crippen molar-refractivity contribution in [2.45, 2.75) is 50.3 Å². The Morgan fingerprint density at radius 2 is 2.00 bits per heavy atom. The number of nitrogens with zero attached hydrogens (tertiary/aromatic N) is 1. The van der Waals surface area contributed by atoms with Crippen LogP contribution in [0.15, 0.2) is 52.2 Å². The number of ether oxygens (including phenoxy) is 1. The molecule has 0 amide bonds. The van der Waals surface area contributed by atoms with Gasteiger partial charge in [0.1, 0.15) is 11.4 Å². The third-order valence-corrected chi connectivity index (χ3v) is 7.35. The van der Waals surface area contributed by atoms with Crippen LogP contribution in [-0.2, 0) is 16.6 Å². The molecule has 0 fully saturated rings. The summed E-state index contributed by atoms with van der Waals surface area (Å²) >= 11 is 1.06. The van der Waals surface area contributed by atoms with Gasteiger partial charge in [-0.25, -0.2) is 13.1 Å². The second kappa shape index (κ2) is 6.72. The molecule has 1 aromatic heterocycles. The van der Waals surface area contributed by atoms with E-state index in [0.717, 1.165) is 22.4 Å². The molecule has 1 atom stereocenters. The first-order valence-corrected chi connectivity index (χ1v) is 11.4. The van der Waals surface area contributed by atoms with Crippen LogP contribution in [0.4, 0.5) is 0 Å². The van der Waals surface area contributed by atoms with Gasteiger partial charge in [0.25, 0.3) is 0 Å². The minimum atomic E-state index is -3.76. The van der Waals surface area contributed by atoms with Gasteiger partial charge in [0.15, 0.2) is 0 Å². The second-order valence-corrected chi connectivity index (χ2v) is 10.2. The Balaban J connectivity index is 1.72. The quantitative estimate of drug-likeness (QED) is 0.701. The number of sulfonamides is 1. The summed E-state index contributed by atoms with van der Waals surface area (Å²) in [5, 5.41) is 0. The summed E-state index contributed by atoms with van der Waals surface area (Å²) in [6.07, 6.45) is 0.519. The maximum Gasteiger partial charge on any atom is 0.308 e. The van der Waals surface area contributed by atoms with Gasteiger partial charge in [0, 0.05) is 18.5 Å². The molecule has 0 bridgehead atoms. The van der Waals surface area contributed by atoms with E-state index in [-0.39, 0.29) is 15.8 Å². The van der Waals surface area contributed by atoms with Crippen LogP contribution in [0, 0.1) is 0 Å². The van der Waals surface area contributed by atoms with Gasteiger partial charge in [-0.05, 0) is 45.0 Å². The highest BCUT2D eigenvalue weighted by molar-refractivity contribution is 7.89. The van der Waals surface area contributed by atoms with E-state index in [1.54, 1.807) is 22.8 Å². The summed E-state index contributed by atoms with van der Waals surface area (Å²) in [7, 11) is -3.76. The molecule has 2 heterocycles. The van der Waals surface area contributed by atoms with E-state index in [4.69, 9.17) is 4.74 Å². The number of hydrogen-bond acceptors (Lipinski definition) is 5. The lowest BCUT2D eigenvalue weighted by Crippen LogP contribution is -2.41. The number of para-hydroxylation sites is 1. The summed E-state index contributed by atoms with van der Waals surface area (Å²) < 4.78 is 37.3. The van der Waals surface area contributed by atoms with E-state index in [1.807, 2.05) is 45.0 Å². The first kappa shape index (κ1) is 19.2. The fourth-order valence-corrected chi connectivity index (χ4v) is 5.99. The maximum absolute atomic E-state index is 13.1. The van der Waals surface area contributed by atoms with Gasteiger partial charge in [-0.2, -0.15) is 0 Å². The van der Waals surface area contributed by atoms with Crippen molar-refractivity contribution in [3.05, 3.63) is 57.7 Å². The lowest BCUT2D eigenvalue weighted by molar-refractivity contribution is 0.0702. The van der Waals surface area contributed by atoms with E-state index in [2.05, 4.69) is 4.72 Å². The lowest BCUT2D eigenvalue weighted by atomic mass is 9.90. The number of rotatable bonds is 4. The van der Waals surface area contributed by atoms with Crippen LogP contribution in [0.1, 0.15) is 38.8 Å². The van der Waals surface area contributed by atoms with Crippen LogP contribution in [0.5, 0.6) is 5.75 Å². The minimum Gasteiger partial charge on any atom is -0.487 e. The molecule has 0 unspecified atom stereocenters. The third-order valence-electron chi connectivity index (χ3n) is 4.94. The molecule has 6 nitrogen and oxygen atoms in total. The van der Waals surface area contributed by atoms with Gasteiger partial charge in [0.2, 0.25) is 10.0 Å². The van der Waals surface area contributed by atoms with Gasteiger partial charge in [0.05, 0.1) is 21.2 Å². The molecule has 0 saturated carbocycles. The largest absolute Gasteiger partial charge is 0.487 e. The molecule has 0 spiro atoms. The highest BCUT2D eigenvalue weighted by Gasteiger charge is 2.36. The summed E-state index contributed by atoms with van der Waals surface area (Å²) in [5.74, 6) is 0.695. The van der Waals surface area contributed by atoms with Gasteiger partial charge in [-0.3, -0.25) is 9.36 Å². The summed E-state index contributed by atoms with van der Waals surface area (Å²) in [6, 6.07) is 11.9. The smallest absolute Gasteiger partial charge is 0.308 e. The zero-order valence-corrected chi connectivity index (χ0v) is 17.6. The topological polar surface area (TPSA) is 77.4 Å². The molecule has 0 saturated heterocycles. The fraction of sp³-hybridized carbons (Fsp3) is 0.350. The Labute approximate surface area is 167 Å². The summed E-state index contributed by atoms with van der Waals surface area (Å²) in [4.78, 5) is 12.1.